The van der Waals surface area contributed by atoms with Crippen LogP contribution in [-0.2, 0) is 9.31 Å². The van der Waals surface area contributed by atoms with Crippen molar-refractivity contribution in [1.29, 1.82) is 5.26 Å². The van der Waals surface area contributed by atoms with Gasteiger partial charge >= 0.3 is 7.12 Å². The van der Waals surface area contributed by atoms with Crippen molar-refractivity contribution in [2.45, 2.75) is 13.8 Å². The minimum atomic E-state index is -0.384. The molecule has 0 atom stereocenters. The number of rotatable bonds is 1. The van der Waals surface area contributed by atoms with Crippen LogP contribution in [0.3, 0.4) is 0 Å². The molecule has 88 valence electrons. The lowest BCUT2D eigenvalue weighted by Gasteiger charge is -2.33. The summed E-state index contributed by atoms with van der Waals surface area (Å²) in [6.45, 7) is 5.51. The van der Waals surface area contributed by atoms with Gasteiger partial charge in [-0.15, -0.1) is 0 Å². The number of hydrogen-bond acceptors (Lipinski definition) is 3. The van der Waals surface area contributed by atoms with Crippen molar-refractivity contribution in [2.24, 2.45) is 5.41 Å². The van der Waals surface area contributed by atoms with Crippen LogP contribution in [0.25, 0.3) is 0 Å². The molecule has 0 unspecified atom stereocenters. The molecule has 0 aromatic heterocycles. The van der Waals surface area contributed by atoms with Crippen LogP contribution in [0, 0.1) is 16.7 Å². The van der Waals surface area contributed by atoms with E-state index in [0.717, 1.165) is 9.94 Å². The minimum Gasteiger partial charge on any atom is -0.407 e. The zero-order valence-electron chi connectivity index (χ0n) is 9.87. The van der Waals surface area contributed by atoms with Crippen LogP contribution in [0.2, 0.25) is 0 Å². The van der Waals surface area contributed by atoms with E-state index in [1.165, 1.54) is 0 Å². The molecule has 0 amide bonds. The van der Waals surface area contributed by atoms with Gasteiger partial charge in [0.1, 0.15) is 0 Å². The van der Waals surface area contributed by atoms with E-state index < -0.39 is 0 Å². The summed E-state index contributed by atoms with van der Waals surface area (Å²) >= 11 is 3.45. The molecule has 3 nitrogen and oxygen atoms in total. The molecule has 1 heterocycles. The molecule has 0 bridgehead atoms. The number of halogens is 1. The summed E-state index contributed by atoms with van der Waals surface area (Å²) in [7, 11) is -0.384. The lowest BCUT2D eigenvalue weighted by molar-refractivity contribution is 0.0342. The van der Waals surface area contributed by atoms with Gasteiger partial charge in [0.15, 0.2) is 0 Å². The Morgan fingerprint density at radius 1 is 1.35 bits per heavy atom. The highest BCUT2D eigenvalue weighted by Gasteiger charge is 2.34. The summed E-state index contributed by atoms with van der Waals surface area (Å²) in [6.07, 6.45) is 0. The zero-order chi connectivity index (χ0) is 12.5. The van der Waals surface area contributed by atoms with Crippen molar-refractivity contribution in [3.63, 3.8) is 0 Å². The number of nitriles is 1. The molecular weight excluding hydrogens is 281 g/mol. The van der Waals surface area contributed by atoms with Gasteiger partial charge < -0.3 is 9.31 Å². The Bertz CT molecular complexity index is 460. The van der Waals surface area contributed by atoms with Gasteiger partial charge in [-0.2, -0.15) is 5.26 Å². The van der Waals surface area contributed by atoms with Crippen molar-refractivity contribution in [3.05, 3.63) is 28.2 Å². The molecule has 1 aromatic carbocycles. The summed E-state index contributed by atoms with van der Waals surface area (Å²) in [4.78, 5) is 0. The number of nitrogens with zero attached hydrogens (tertiary/aromatic N) is 1. The third kappa shape index (κ3) is 2.89. The minimum absolute atomic E-state index is 0.0514. The van der Waals surface area contributed by atoms with Crippen LogP contribution < -0.4 is 5.46 Å². The zero-order valence-corrected chi connectivity index (χ0v) is 11.5. The molecule has 1 fully saturated rings. The van der Waals surface area contributed by atoms with Crippen molar-refractivity contribution in [3.8, 4) is 6.07 Å². The highest BCUT2D eigenvalue weighted by atomic mass is 79.9. The van der Waals surface area contributed by atoms with Gasteiger partial charge in [0.05, 0.1) is 11.6 Å². The Kier molecular flexibility index (Phi) is 3.57. The van der Waals surface area contributed by atoms with Gasteiger partial charge in [0.25, 0.3) is 0 Å². The molecule has 1 aliphatic rings. The molecule has 1 aromatic rings. The largest absolute Gasteiger partial charge is 0.495 e. The highest BCUT2D eigenvalue weighted by molar-refractivity contribution is 9.10. The predicted octanol–water partition coefficient (Wildman–Crippen LogP) is 2.09. The van der Waals surface area contributed by atoms with Crippen LogP contribution in [0.1, 0.15) is 19.4 Å². The van der Waals surface area contributed by atoms with Crippen LogP contribution in [0.5, 0.6) is 0 Å². The topological polar surface area (TPSA) is 42.2 Å². The second-order valence-electron chi connectivity index (χ2n) is 4.97. The average Bonchev–Trinajstić information content (AvgIpc) is 2.30. The van der Waals surface area contributed by atoms with Crippen LogP contribution >= 0.6 is 15.9 Å². The SMILES string of the molecule is CC1(C)COB(c2cc(C#N)ccc2Br)OC1. The van der Waals surface area contributed by atoms with Gasteiger partial charge in [-0.3, -0.25) is 0 Å². The number of benzene rings is 1. The van der Waals surface area contributed by atoms with E-state index in [-0.39, 0.29) is 12.5 Å². The van der Waals surface area contributed by atoms with E-state index in [4.69, 9.17) is 14.6 Å². The molecule has 0 radical (unpaired) electrons. The summed E-state index contributed by atoms with van der Waals surface area (Å²) < 4.78 is 12.3. The van der Waals surface area contributed by atoms with Gasteiger partial charge in [-0.1, -0.05) is 29.8 Å². The fraction of sp³-hybridized carbons (Fsp3) is 0.417. The van der Waals surface area contributed by atoms with E-state index >= 15 is 0 Å². The first-order valence-electron chi connectivity index (χ1n) is 5.45. The van der Waals surface area contributed by atoms with Crippen LogP contribution in [0.15, 0.2) is 22.7 Å². The molecule has 1 saturated heterocycles. The quantitative estimate of drug-likeness (QED) is 0.745. The maximum atomic E-state index is 8.89. The van der Waals surface area contributed by atoms with E-state index in [1.807, 2.05) is 6.07 Å². The standard InChI is InChI=1S/C12H13BBrNO2/c1-12(2)7-16-13(17-8-12)10-5-9(6-15)3-4-11(10)14/h3-5H,7-8H2,1-2H3. The molecule has 0 saturated carbocycles. The molecule has 1 aliphatic heterocycles. The molecule has 17 heavy (non-hydrogen) atoms. The Hall–Kier alpha value is -0.825. The molecule has 0 N–H and O–H groups in total. The predicted molar refractivity (Wildman–Crippen MR) is 69.9 cm³/mol. The lowest BCUT2D eigenvalue weighted by Crippen LogP contribution is -2.47. The van der Waals surface area contributed by atoms with Crippen molar-refractivity contribution < 1.29 is 9.31 Å². The van der Waals surface area contributed by atoms with Crippen molar-refractivity contribution in [2.75, 3.05) is 13.2 Å². The Morgan fingerprint density at radius 3 is 2.59 bits per heavy atom. The molecule has 0 aliphatic carbocycles. The third-order valence-electron chi connectivity index (χ3n) is 2.63. The van der Waals surface area contributed by atoms with Gasteiger partial charge in [-0.25, -0.2) is 0 Å². The maximum absolute atomic E-state index is 8.89. The summed E-state index contributed by atoms with van der Waals surface area (Å²) in [5.41, 5.74) is 1.54. The fourth-order valence-electron chi connectivity index (χ4n) is 1.67. The summed E-state index contributed by atoms with van der Waals surface area (Å²) in [6, 6.07) is 7.53. The Balaban J connectivity index is 2.21. The molecule has 0 spiro atoms. The van der Waals surface area contributed by atoms with Crippen LogP contribution in [0.4, 0.5) is 0 Å². The third-order valence-corrected chi connectivity index (χ3v) is 3.35. The van der Waals surface area contributed by atoms with E-state index in [9.17, 15) is 0 Å². The first-order chi connectivity index (χ1) is 8.02. The Morgan fingerprint density at radius 2 is 2.00 bits per heavy atom. The lowest BCUT2D eigenvalue weighted by atomic mass is 9.75. The summed E-state index contributed by atoms with van der Waals surface area (Å²) in [5.74, 6) is 0. The van der Waals surface area contributed by atoms with E-state index in [1.54, 1.807) is 12.1 Å². The fourth-order valence-corrected chi connectivity index (χ4v) is 2.10. The van der Waals surface area contributed by atoms with E-state index in [2.05, 4.69) is 35.8 Å². The first-order valence-corrected chi connectivity index (χ1v) is 6.24. The first kappa shape index (κ1) is 12.6. The molecule has 5 heteroatoms. The smallest absolute Gasteiger partial charge is 0.407 e. The second-order valence-corrected chi connectivity index (χ2v) is 5.82. The van der Waals surface area contributed by atoms with Gasteiger partial charge in [0.2, 0.25) is 0 Å². The molecular formula is C12H13BBrNO2. The number of hydrogen-bond donors (Lipinski definition) is 0. The van der Waals surface area contributed by atoms with Crippen molar-refractivity contribution >= 4 is 28.5 Å². The average molecular weight is 294 g/mol. The highest BCUT2D eigenvalue weighted by Crippen LogP contribution is 2.22. The monoisotopic (exact) mass is 293 g/mol. The van der Waals surface area contributed by atoms with E-state index in [0.29, 0.717) is 18.8 Å². The normalized spacial score (nSPS) is 18.8. The van der Waals surface area contributed by atoms with Crippen molar-refractivity contribution in [1.82, 2.24) is 0 Å². The Labute approximate surface area is 110 Å². The van der Waals surface area contributed by atoms with Gasteiger partial charge in [0, 0.05) is 23.1 Å². The second kappa shape index (κ2) is 4.81. The maximum Gasteiger partial charge on any atom is 0.495 e. The summed E-state index contributed by atoms with van der Waals surface area (Å²) in [5, 5.41) is 8.89. The molecule has 2 rings (SSSR count). The van der Waals surface area contributed by atoms with Crippen LogP contribution in [-0.4, -0.2) is 20.3 Å². The van der Waals surface area contributed by atoms with Gasteiger partial charge in [-0.05, 0) is 23.7 Å².